The fourth-order valence-electron chi connectivity index (χ4n) is 3.72. The number of allylic oxidation sites excluding steroid dienone is 4. The van der Waals surface area contributed by atoms with Gasteiger partial charge in [-0.15, -0.1) is 4.72 Å². The number of nitrogens with one attached hydrogen (secondary N) is 3. The normalized spacial score (nSPS) is 16.3. The van der Waals surface area contributed by atoms with Gasteiger partial charge in [0.15, 0.2) is 0 Å². The van der Waals surface area contributed by atoms with Crippen molar-refractivity contribution in [3.63, 3.8) is 0 Å². The molecule has 0 saturated carbocycles. The van der Waals surface area contributed by atoms with E-state index in [0.717, 1.165) is 63.7 Å². The average molecular weight is 562 g/mol. The minimum atomic E-state index is -0.959. The van der Waals surface area contributed by atoms with E-state index in [1.54, 1.807) is 6.26 Å². The third-order valence-corrected chi connectivity index (χ3v) is 6.21. The van der Waals surface area contributed by atoms with E-state index in [1.165, 1.54) is 5.57 Å². The highest BCUT2D eigenvalue weighted by molar-refractivity contribution is 7.88. The smallest absolute Gasteiger partial charge is 0.210 e. The van der Waals surface area contributed by atoms with Crippen LogP contribution in [0.25, 0.3) is 0 Å². The lowest BCUT2D eigenvalue weighted by Crippen LogP contribution is -2.23. The van der Waals surface area contributed by atoms with Crippen molar-refractivity contribution in [3.8, 4) is 0 Å². The summed E-state index contributed by atoms with van der Waals surface area (Å²) in [7, 11) is 1.90. The predicted octanol–water partition coefficient (Wildman–Crippen LogP) is 3.80. The Kier molecular flexibility index (Phi) is 20.9. The van der Waals surface area contributed by atoms with E-state index < -0.39 is 11.4 Å². The van der Waals surface area contributed by atoms with Crippen LogP contribution in [0.15, 0.2) is 62.8 Å². The third-order valence-electron chi connectivity index (χ3n) is 5.60. The molecule has 0 radical (unpaired) electrons. The Hall–Kier alpha value is -2.40. The monoisotopic (exact) mass is 561 g/mol. The van der Waals surface area contributed by atoms with Crippen LogP contribution in [0, 0.1) is 5.92 Å². The Balaban J connectivity index is 2.48. The van der Waals surface area contributed by atoms with Gasteiger partial charge in [-0.1, -0.05) is 51.0 Å². The number of aliphatic imine (C=N–C) groups is 3. The summed E-state index contributed by atoms with van der Waals surface area (Å²) in [6.45, 7) is 7.95. The van der Waals surface area contributed by atoms with Gasteiger partial charge in [0.05, 0.1) is 18.8 Å². The minimum absolute atomic E-state index is 0.328. The van der Waals surface area contributed by atoms with E-state index in [9.17, 15) is 4.55 Å². The molecule has 9 nitrogen and oxygen atoms in total. The first kappa shape index (κ1) is 34.6. The number of hydrogen-bond donors (Lipinski definition) is 4. The summed E-state index contributed by atoms with van der Waals surface area (Å²) in [5, 5.41) is 6.44. The molecule has 39 heavy (non-hydrogen) atoms. The van der Waals surface area contributed by atoms with Crippen LogP contribution in [0.5, 0.6) is 0 Å². The van der Waals surface area contributed by atoms with E-state index in [4.69, 9.17) is 10.5 Å². The second-order valence-corrected chi connectivity index (χ2v) is 10.5. The molecule has 1 heterocycles. The molecule has 0 bridgehead atoms. The van der Waals surface area contributed by atoms with Gasteiger partial charge in [0, 0.05) is 56.5 Å². The van der Waals surface area contributed by atoms with Crippen LogP contribution in [0.1, 0.15) is 58.8 Å². The summed E-state index contributed by atoms with van der Waals surface area (Å²) in [5.74, 6) is 1.40. The van der Waals surface area contributed by atoms with Crippen LogP contribution in [0.2, 0.25) is 0 Å². The van der Waals surface area contributed by atoms with Gasteiger partial charge in [-0.3, -0.25) is 4.99 Å². The van der Waals surface area contributed by atoms with Crippen molar-refractivity contribution in [3.05, 3.63) is 47.9 Å². The van der Waals surface area contributed by atoms with Crippen molar-refractivity contribution in [2.75, 3.05) is 52.6 Å². The lowest BCUT2D eigenvalue weighted by atomic mass is 10.0. The molecule has 2 atom stereocenters. The third kappa shape index (κ3) is 19.3. The molecule has 220 valence electrons. The minimum Gasteiger partial charge on any atom is -0.598 e. The van der Waals surface area contributed by atoms with E-state index >= 15 is 0 Å². The molecule has 0 aliphatic carbocycles. The predicted molar refractivity (Wildman–Crippen MR) is 169 cm³/mol. The number of nitrogens with zero attached hydrogens (tertiary/aromatic N) is 3. The molecule has 0 fully saturated rings. The highest BCUT2D eigenvalue weighted by atomic mass is 32.2. The van der Waals surface area contributed by atoms with Gasteiger partial charge in [0.2, 0.25) is 5.90 Å². The summed E-state index contributed by atoms with van der Waals surface area (Å²) in [6.07, 6.45) is 23.5. The van der Waals surface area contributed by atoms with Crippen molar-refractivity contribution >= 4 is 29.3 Å². The Bertz CT molecular complexity index is 864. The van der Waals surface area contributed by atoms with E-state index in [1.807, 2.05) is 25.5 Å². The molecular weight excluding hydrogens is 510 g/mol. The van der Waals surface area contributed by atoms with Crippen LogP contribution in [0.3, 0.4) is 0 Å². The van der Waals surface area contributed by atoms with Gasteiger partial charge >= 0.3 is 0 Å². The second kappa shape index (κ2) is 23.5. The van der Waals surface area contributed by atoms with Crippen LogP contribution in [0.4, 0.5) is 0 Å². The van der Waals surface area contributed by atoms with Crippen molar-refractivity contribution < 1.29 is 9.29 Å². The number of ether oxygens (including phenoxy) is 1. The van der Waals surface area contributed by atoms with Crippen LogP contribution >= 0.6 is 0 Å². The van der Waals surface area contributed by atoms with Gasteiger partial charge in [0.25, 0.3) is 0 Å². The highest BCUT2D eigenvalue weighted by Gasteiger charge is 2.07. The zero-order chi connectivity index (χ0) is 28.6. The molecule has 0 aromatic carbocycles. The summed E-state index contributed by atoms with van der Waals surface area (Å²) in [5.41, 5.74) is 8.00. The molecule has 1 aliphatic rings. The maximum Gasteiger partial charge on any atom is 0.210 e. The van der Waals surface area contributed by atoms with E-state index in [-0.39, 0.29) is 0 Å². The molecule has 0 aromatic heterocycles. The Morgan fingerprint density at radius 2 is 2.03 bits per heavy atom. The number of nitrogens with two attached hydrogens (primary N) is 1. The van der Waals surface area contributed by atoms with Crippen molar-refractivity contribution in [1.82, 2.24) is 15.4 Å². The molecule has 2 unspecified atom stereocenters. The van der Waals surface area contributed by atoms with Gasteiger partial charge < -0.3 is 25.7 Å². The summed E-state index contributed by atoms with van der Waals surface area (Å²) in [4.78, 5) is 13.4. The number of hydrogen-bond acceptors (Lipinski definition) is 9. The lowest BCUT2D eigenvalue weighted by Gasteiger charge is -2.10. The average Bonchev–Trinajstić information content (AvgIpc) is 3.08. The summed E-state index contributed by atoms with van der Waals surface area (Å²) < 4.78 is 20.1. The SMILES string of the molecule is CCCC=CC(/C=C\CCOC1=NCC(N)=NC(CNCC/N=C\C(=C/NC)CCC)=C1)CCCN[S+](C)[O-]. The van der Waals surface area contributed by atoms with E-state index in [2.05, 4.69) is 68.5 Å². The molecule has 0 amide bonds. The molecular formula is C29H51N7O2S. The summed E-state index contributed by atoms with van der Waals surface area (Å²) in [6, 6.07) is 0. The van der Waals surface area contributed by atoms with Crippen LogP contribution in [-0.4, -0.2) is 75.1 Å². The van der Waals surface area contributed by atoms with Crippen LogP contribution < -0.4 is 21.1 Å². The zero-order valence-electron chi connectivity index (χ0n) is 24.5. The fraction of sp³-hybridized carbons (Fsp3) is 0.621. The largest absolute Gasteiger partial charge is 0.598 e. The second-order valence-electron chi connectivity index (χ2n) is 9.30. The number of amidine groups is 1. The van der Waals surface area contributed by atoms with Crippen molar-refractivity contribution in [2.45, 2.75) is 58.8 Å². The molecule has 5 N–H and O–H groups in total. The zero-order valence-corrected chi connectivity index (χ0v) is 25.3. The molecule has 0 spiro atoms. The van der Waals surface area contributed by atoms with Gasteiger partial charge in [-0.05, 0) is 43.6 Å². The van der Waals surface area contributed by atoms with Gasteiger partial charge in [-0.2, -0.15) is 0 Å². The molecule has 0 saturated heterocycles. The fourth-order valence-corrected chi connectivity index (χ4v) is 4.15. The molecule has 10 heteroatoms. The summed E-state index contributed by atoms with van der Waals surface area (Å²) >= 11 is -0.959. The maximum absolute atomic E-state index is 11.2. The quantitative estimate of drug-likeness (QED) is 0.0730. The maximum atomic E-state index is 11.2. The number of unbranched alkanes of at least 4 members (excludes halogenated alkanes) is 1. The standard InChI is InChI=1S/C29H51N7O2S/c1-5-7-8-13-25(15-11-16-35-39(4)37)14-9-10-19-38-29-20-27(36-28(30)24-34-29)23-33-18-17-32-22-26(12-6-2)21-31-3/h8-9,13-14,20-22,25,31,33,35H,5-7,10-12,15-19,23-24H2,1-4H3,(H2,30,36)/b13-8?,14-9-,26-21-,32-22-. The lowest BCUT2D eigenvalue weighted by molar-refractivity contribution is 0.313. The first-order chi connectivity index (χ1) is 19.0. The van der Waals surface area contributed by atoms with Crippen molar-refractivity contribution in [2.24, 2.45) is 26.6 Å². The van der Waals surface area contributed by atoms with Crippen molar-refractivity contribution in [1.29, 1.82) is 0 Å². The first-order valence-electron chi connectivity index (χ1n) is 14.2. The Labute approximate surface area is 239 Å². The first-order valence-corrected chi connectivity index (χ1v) is 15.7. The topological polar surface area (TPSA) is 131 Å². The van der Waals surface area contributed by atoms with Gasteiger partial charge in [-0.25, -0.2) is 9.98 Å². The Morgan fingerprint density at radius 1 is 1.23 bits per heavy atom. The number of rotatable bonds is 21. The van der Waals surface area contributed by atoms with E-state index in [0.29, 0.717) is 43.9 Å². The molecule has 0 aromatic rings. The molecule has 1 aliphatic heterocycles. The van der Waals surface area contributed by atoms with Gasteiger partial charge in [0.1, 0.15) is 18.6 Å². The molecule has 1 rings (SSSR count). The van der Waals surface area contributed by atoms with Crippen LogP contribution in [-0.2, 0) is 16.1 Å². The highest BCUT2D eigenvalue weighted by Crippen LogP contribution is 2.12. The Morgan fingerprint density at radius 3 is 2.74 bits per heavy atom.